The van der Waals surface area contributed by atoms with Crippen molar-refractivity contribution in [3.05, 3.63) is 56.7 Å². The number of aromatic hydroxyl groups is 1. The van der Waals surface area contributed by atoms with E-state index in [2.05, 4.69) is 22.2 Å². The summed E-state index contributed by atoms with van der Waals surface area (Å²) < 4.78 is 0.743. The van der Waals surface area contributed by atoms with Crippen LogP contribution in [-0.4, -0.2) is 34.2 Å². The maximum absolute atomic E-state index is 12.5. The van der Waals surface area contributed by atoms with Crippen molar-refractivity contribution in [2.45, 2.75) is 26.0 Å². The van der Waals surface area contributed by atoms with Crippen LogP contribution in [0.5, 0.6) is 5.75 Å². The number of nitrogens with zero attached hydrogens (tertiary/aromatic N) is 1. The fourth-order valence-corrected chi connectivity index (χ4v) is 3.01. The van der Waals surface area contributed by atoms with Crippen LogP contribution in [0.2, 0.25) is 0 Å². The minimum atomic E-state index is -1.06. The van der Waals surface area contributed by atoms with Gasteiger partial charge in [0.15, 0.2) is 0 Å². The molecule has 2 aromatic rings. The Morgan fingerprint density at radius 3 is 2.54 bits per heavy atom. The van der Waals surface area contributed by atoms with E-state index in [-0.39, 0.29) is 11.3 Å². The van der Waals surface area contributed by atoms with E-state index in [1.165, 1.54) is 31.2 Å². The van der Waals surface area contributed by atoms with Crippen molar-refractivity contribution >= 4 is 40.1 Å². The normalized spacial score (nSPS) is 12.4. The van der Waals surface area contributed by atoms with Gasteiger partial charge in [0, 0.05) is 14.8 Å². The third kappa shape index (κ3) is 5.11. The van der Waals surface area contributed by atoms with Crippen LogP contribution in [0.15, 0.2) is 36.4 Å². The average molecular weight is 494 g/mol. The van der Waals surface area contributed by atoms with Crippen LogP contribution in [0, 0.1) is 21.8 Å². The highest BCUT2D eigenvalue weighted by atomic mass is 127. The van der Waals surface area contributed by atoms with Gasteiger partial charge in [-0.15, -0.1) is 0 Å². The van der Waals surface area contributed by atoms with E-state index in [9.17, 15) is 19.8 Å². The largest absolute Gasteiger partial charge is 0.508 e. The molecule has 9 heteroatoms. The Hall–Kier alpha value is -2.84. The summed E-state index contributed by atoms with van der Waals surface area (Å²) in [5, 5.41) is 31.5. The number of hydrogen-bond donors (Lipinski definition) is 5. The molecule has 0 spiro atoms. The first-order valence-electron chi connectivity index (χ1n) is 8.27. The summed E-state index contributed by atoms with van der Waals surface area (Å²) in [5.74, 6) is -1.34. The first-order chi connectivity index (χ1) is 13.2. The highest BCUT2D eigenvalue weighted by molar-refractivity contribution is 14.1. The number of carbonyl (C=O) groups excluding carboxylic acids is 2. The van der Waals surface area contributed by atoms with E-state index in [4.69, 9.17) is 5.26 Å². The zero-order valence-electron chi connectivity index (χ0n) is 15.2. The van der Waals surface area contributed by atoms with Crippen LogP contribution in [0.3, 0.4) is 0 Å². The van der Waals surface area contributed by atoms with Gasteiger partial charge in [-0.05, 0) is 72.3 Å². The Balaban J connectivity index is 2.09. The number of carbonyl (C=O) groups is 2. The predicted octanol–water partition coefficient (Wildman–Crippen LogP) is 1.80. The summed E-state index contributed by atoms with van der Waals surface area (Å²) in [6, 6.07) is 9.98. The Kier molecular flexibility index (Phi) is 7.19. The van der Waals surface area contributed by atoms with Crippen molar-refractivity contribution in [3.63, 3.8) is 0 Å². The molecule has 0 aliphatic heterocycles. The number of hydrogen-bond acceptors (Lipinski definition) is 6. The number of nitriles is 1. The van der Waals surface area contributed by atoms with Crippen LogP contribution in [0.1, 0.15) is 28.4 Å². The van der Waals surface area contributed by atoms with Gasteiger partial charge >= 0.3 is 0 Å². The molecule has 5 N–H and O–H groups in total. The number of halogens is 1. The number of hydrazine groups is 1. The molecule has 0 bridgehead atoms. The number of phenolic OH excluding ortho intramolecular Hbond substituents is 1. The van der Waals surface area contributed by atoms with Gasteiger partial charge in [-0.1, -0.05) is 6.07 Å². The van der Waals surface area contributed by atoms with E-state index in [0.717, 1.165) is 9.13 Å². The van der Waals surface area contributed by atoms with Gasteiger partial charge in [-0.2, -0.15) is 5.26 Å². The molecule has 0 aliphatic rings. The second-order valence-corrected chi connectivity index (χ2v) is 7.15. The minimum Gasteiger partial charge on any atom is -0.508 e. The molecular weight excluding hydrogens is 475 g/mol. The van der Waals surface area contributed by atoms with Gasteiger partial charge in [-0.3, -0.25) is 20.4 Å². The summed E-state index contributed by atoms with van der Waals surface area (Å²) in [6.07, 6.45) is -1.06. The van der Waals surface area contributed by atoms with E-state index >= 15 is 0 Å². The molecular formula is C19H19IN4O4. The fourth-order valence-electron chi connectivity index (χ4n) is 2.42. The SMILES string of the molecule is Cc1c(N[C@@H](C(=O)NNC(=O)c2cccc(O)c2)[C@H](C)O)ccc(C#N)c1I. The highest BCUT2D eigenvalue weighted by Crippen LogP contribution is 2.25. The third-order valence-electron chi connectivity index (χ3n) is 3.99. The number of anilines is 1. The molecule has 0 saturated heterocycles. The quantitative estimate of drug-likeness (QED) is 0.318. The Morgan fingerprint density at radius 1 is 1.21 bits per heavy atom. The fraction of sp³-hybridized carbons (Fsp3) is 0.211. The lowest BCUT2D eigenvalue weighted by Crippen LogP contribution is -2.52. The van der Waals surface area contributed by atoms with Gasteiger partial charge < -0.3 is 15.5 Å². The molecule has 2 atom stereocenters. The Labute approximate surface area is 175 Å². The van der Waals surface area contributed by atoms with Crippen molar-refractivity contribution in [3.8, 4) is 11.8 Å². The van der Waals surface area contributed by atoms with E-state index in [0.29, 0.717) is 11.3 Å². The van der Waals surface area contributed by atoms with Gasteiger partial charge in [0.1, 0.15) is 17.9 Å². The summed E-state index contributed by atoms with van der Waals surface area (Å²) >= 11 is 2.04. The Morgan fingerprint density at radius 2 is 1.93 bits per heavy atom. The summed E-state index contributed by atoms with van der Waals surface area (Å²) in [7, 11) is 0. The maximum Gasteiger partial charge on any atom is 0.269 e. The van der Waals surface area contributed by atoms with Crippen LogP contribution in [0.4, 0.5) is 5.69 Å². The molecule has 0 radical (unpaired) electrons. The lowest BCUT2D eigenvalue weighted by Gasteiger charge is -2.23. The van der Waals surface area contributed by atoms with Crippen molar-refractivity contribution in [1.29, 1.82) is 5.26 Å². The molecule has 0 fully saturated rings. The van der Waals surface area contributed by atoms with Gasteiger partial charge in [0.25, 0.3) is 11.8 Å². The van der Waals surface area contributed by atoms with E-state index < -0.39 is 24.0 Å². The van der Waals surface area contributed by atoms with Crippen molar-refractivity contribution < 1.29 is 19.8 Å². The number of phenols is 1. The van der Waals surface area contributed by atoms with Crippen molar-refractivity contribution in [2.75, 3.05) is 5.32 Å². The molecule has 146 valence electrons. The molecule has 8 nitrogen and oxygen atoms in total. The molecule has 0 aliphatic carbocycles. The summed E-state index contributed by atoms with van der Waals surface area (Å²) in [4.78, 5) is 24.5. The molecule has 0 heterocycles. The number of aliphatic hydroxyl groups excluding tert-OH is 1. The van der Waals surface area contributed by atoms with E-state index in [1.807, 2.05) is 22.6 Å². The van der Waals surface area contributed by atoms with Crippen LogP contribution in [-0.2, 0) is 4.79 Å². The second-order valence-electron chi connectivity index (χ2n) is 6.07. The lowest BCUT2D eigenvalue weighted by atomic mass is 10.1. The van der Waals surface area contributed by atoms with Crippen LogP contribution in [0.25, 0.3) is 0 Å². The zero-order chi connectivity index (χ0) is 20.8. The average Bonchev–Trinajstić information content (AvgIpc) is 2.66. The van der Waals surface area contributed by atoms with Crippen molar-refractivity contribution in [1.82, 2.24) is 10.9 Å². The number of benzene rings is 2. The van der Waals surface area contributed by atoms with E-state index in [1.54, 1.807) is 19.1 Å². The second kappa shape index (κ2) is 9.38. The third-order valence-corrected chi connectivity index (χ3v) is 5.38. The summed E-state index contributed by atoms with van der Waals surface area (Å²) in [6.45, 7) is 3.24. The standard InChI is InChI=1S/C19H19IN4O4/c1-10-15(7-6-13(9-21)16(10)20)22-17(11(2)25)19(28)24-23-18(27)12-4-3-5-14(26)8-12/h3-8,11,17,22,25-26H,1-2H3,(H,23,27)(H,24,28)/t11-,17+/m0/s1. The Bertz CT molecular complexity index is 940. The number of rotatable bonds is 5. The molecule has 28 heavy (non-hydrogen) atoms. The minimum absolute atomic E-state index is 0.0756. The molecule has 0 aromatic heterocycles. The molecule has 2 aromatic carbocycles. The maximum atomic E-state index is 12.5. The predicted molar refractivity (Wildman–Crippen MR) is 111 cm³/mol. The molecule has 0 saturated carbocycles. The van der Waals surface area contributed by atoms with Crippen LogP contribution < -0.4 is 16.2 Å². The highest BCUT2D eigenvalue weighted by Gasteiger charge is 2.25. The first-order valence-corrected chi connectivity index (χ1v) is 9.35. The monoisotopic (exact) mass is 494 g/mol. The van der Waals surface area contributed by atoms with Crippen molar-refractivity contribution in [2.24, 2.45) is 0 Å². The summed E-state index contributed by atoms with van der Waals surface area (Å²) in [5.41, 5.74) is 6.54. The van der Waals surface area contributed by atoms with Crippen LogP contribution >= 0.6 is 22.6 Å². The zero-order valence-corrected chi connectivity index (χ0v) is 17.3. The number of amides is 2. The number of aliphatic hydroxyl groups is 1. The molecule has 2 rings (SSSR count). The molecule has 2 amide bonds. The molecule has 0 unspecified atom stereocenters. The smallest absolute Gasteiger partial charge is 0.269 e. The lowest BCUT2D eigenvalue weighted by molar-refractivity contribution is -0.124. The van der Waals surface area contributed by atoms with Gasteiger partial charge in [0.2, 0.25) is 0 Å². The number of nitrogens with one attached hydrogen (secondary N) is 3. The topological polar surface area (TPSA) is 134 Å². The van der Waals surface area contributed by atoms with Gasteiger partial charge in [-0.25, -0.2) is 0 Å². The first kappa shape index (κ1) is 21.5. The van der Waals surface area contributed by atoms with Gasteiger partial charge in [0.05, 0.1) is 11.7 Å².